The predicted octanol–water partition coefficient (Wildman–Crippen LogP) is 1.70. The van der Waals surface area contributed by atoms with Gasteiger partial charge in [-0.3, -0.25) is 9.69 Å². The minimum atomic E-state index is -0.144. The van der Waals surface area contributed by atoms with E-state index >= 15 is 0 Å². The number of hydrogen-bond donors (Lipinski definition) is 0. The number of carbonyl (C=O) groups excluding carboxylic acids is 1. The van der Waals surface area contributed by atoms with Crippen molar-refractivity contribution in [2.45, 2.75) is 6.10 Å². The van der Waals surface area contributed by atoms with Gasteiger partial charge in [-0.05, 0) is 24.3 Å². The molecule has 1 aromatic heterocycles. The molecule has 2 aliphatic rings. The van der Waals surface area contributed by atoms with Gasteiger partial charge in [-0.1, -0.05) is 18.2 Å². The number of pyridine rings is 1. The van der Waals surface area contributed by atoms with Gasteiger partial charge in [-0.25, -0.2) is 4.98 Å². The summed E-state index contributed by atoms with van der Waals surface area (Å²) in [5.74, 6) is 1.15. The zero-order chi connectivity index (χ0) is 19.2. The molecule has 28 heavy (non-hydrogen) atoms. The van der Waals surface area contributed by atoms with Gasteiger partial charge in [0.25, 0.3) is 5.91 Å². The lowest BCUT2D eigenvalue weighted by atomic mass is 10.2. The average Bonchev–Trinajstić information content (AvgIpc) is 2.86. The van der Waals surface area contributed by atoms with Gasteiger partial charge in [0.15, 0.2) is 0 Å². The molecule has 0 spiro atoms. The molecule has 4 rings (SSSR count). The fourth-order valence-corrected chi connectivity index (χ4v) is 3.49. The van der Waals surface area contributed by atoms with E-state index in [2.05, 4.69) is 9.88 Å². The number of benzene rings is 1. The topological polar surface area (TPSA) is 64.1 Å². The molecule has 2 aromatic rings. The molecule has 0 aliphatic carbocycles. The van der Waals surface area contributed by atoms with Gasteiger partial charge in [0, 0.05) is 25.8 Å². The van der Waals surface area contributed by atoms with Crippen LogP contribution in [0.25, 0.3) is 0 Å². The molecule has 148 valence electrons. The lowest BCUT2D eigenvalue weighted by Crippen LogP contribution is -2.47. The first-order valence-electron chi connectivity index (χ1n) is 9.68. The van der Waals surface area contributed by atoms with Crippen LogP contribution < -0.4 is 9.47 Å². The first-order chi connectivity index (χ1) is 13.8. The predicted molar refractivity (Wildman–Crippen MR) is 104 cm³/mol. The molecule has 2 aliphatic heterocycles. The summed E-state index contributed by atoms with van der Waals surface area (Å²) in [5.41, 5.74) is 0.506. The van der Waals surface area contributed by atoms with Crippen LogP contribution in [-0.2, 0) is 4.74 Å². The molecular formula is C21H25N3O4. The summed E-state index contributed by atoms with van der Waals surface area (Å²) in [6.45, 7) is 5.37. The van der Waals surface area contributed by atoms with Crippen LogP contribution in [0, 0.1) is 0 Å². The second kappa shape index (κ2) is 9.03. The summed E-state index contributed by atoms with van der Waals surface area (Å²) >= 11 is 0. The van der Waals surface area contributed by atoms with Crippen molar-refractivity contribution >= 4 is 5.91 Å². The van der Waals surface area contributed by atoms with E-state index in [-0.39, 0.29) is 12.0 Å². The molecule has 7 heteroatoms. The second-order valence-electron chi connectivity index (χ2n) is 6.92. The Bertz CT molecular complexity index is 780. The number of para-hydroxylation sites is 1. The summed E-state index contributed by atoms with van der Waals surface area (Å²) in [6, 6.07) is 13.2. The van der Waals surface area contributed by atoms with Crippen LogP contribution in [0.4, 0.5) is 0 Å². The summed E-state index contributed by atoms with van der Waals surface area (Å²) in [5, 5.41) is 0. The molecule has 7 nitrogen and oxygen atoms in total. The molecule has 0 radical (unpaired) electrons. The number of carbonyl (C=O) groups is 1. The first-order valence-corrected chi connectivity index (χ1v) is 9.68. The number of amides is 1. The van der Waals surface area contributed by atoms with Gasteiger partial charge in [0.2, 0.25) is 5.88 Å². The van der Waals surface area contributed by atoms with E-state index in [1.807, 2.05) is 35.2 Å². The lowest BCUT2D eigenvalue weighted by Gasteiger charge is -2.31. The highest BCUT2D eigenvalue weighted by atomic mass is 16.5. The van der Waals surface area contributed by atoms with Crippen LogP contribution in [0.1, 0.15) is 10.4 Å². The van der Waals surface area contributed by atoms with Crippen molar-refractivity contribution in [1.82, 2.24) is 14.8 Å². The molecule has 1 amide bonds. The van der Waals surface area contributed by atoms with Crippen molar-refractivity contribution in [3.05, 3.63) is 54.2 Å². The first kappa shape index (κ1) is 18.7. The van der Waals surface area contributed by atoms with E-state index in [4.69, 9.17) is 14.2 Å². The molecule has 1 fully saturated rings. The van der Waals surface area contributed by atoms with Gasteiger partial charge >= 0.3 is 0 Å². The highest BCUT2D eigenvalue weighted by molar-refractivity contribution is 5.96. The lowest BCUT2D eigenvalue weighted by molar-refractivity contribution is 0.0137. The molecule has 3 heterocycles. The standard InChI is InChI=1S/C21H25N3O4/c25-21-19-7-4-8-22-20(19)28-18(15-23-9-12-26-13-10-23)16-24(21)11-14-27-17-5-2-1-3-6-17/h1-8,18H,9-16H2. The van der Waals surface area contributed by atoms with E-state index in [1.54, 1.807) is 18.3 Å². The molecule has 1 aromatic carbocycles. The maximum absolute atomic E-state index is 13.0. The Balaban J connectivity index is 1.45. The minimum absolute atomic E-state index is 0.0655. The van der Waals surface area contributed by atoms with Crippen LogP contribution in [-0.4, -0.2) is 79.3 Å². The molecule has 1 saturated heterocycles. The maximum Gasteiger partial charge on any atom is 0.259 e. The van der Waals surface area contributed by atoms with Gasteiger partial charge < -0.3 is 19.1 Å². The minimum Gasteiger partial charge on any atom is -0.492 e. The molecule has 0 saturated carbocycles. The highest BCUT2D eigenvalue weighted by Gasteiger charge is 2.31. The number of fused-ring (bicyclic) bond motifs is 1. The van der Waals surface area contributed by atoms with E-state index in [0.717, 1.165) is 38.6 Å². The van der Waals surface area contributed by atoms with Gasteiger partial charge in [-0.15, -0.1) is 0 Å². The SMILES string of the molecule is O=C1c2cccnc2OC(CN2CCOCC2)CN1CCOc1ccccc1. The maximum atomic E-state index is 13.0. The van der Waals surface area contributed by atoms with Gasteiger partial charge in [-0.2, -0.15) is 0 Å². The Morgan fingerprint density at radius 2 is 1.93 bits per heavy atom. The van der Waals surface area contributed by atoms with Gasteiger partial charge in [0.05, 0.1) is 26.3 Å². The third-order valence-electron chi connectivity index (χ3n) is 4.93. The Morgan fingerprint density at radius 1 is 1.11 bits per heavy atom. The van der Waals surface area contributed by atoms with Crippen LogP contribution in [0.3, 0.4) is 0 Å². The second-order valence-corrected chi connectivity index (χ2v) is 6.92. The molecule has 0 bridgehead atoms. The fraction of sp³-hybridized carbons (Fsp3) is 0.429. The van der Waals surface area contributed by atoms with E-state index in [0.29, 0.717) is 31.1 Å². The smallest absolute Gasteiger partial charge is 0.259 e. The normalized spacial score (nSPS) is 20.2. The summed E-state index contributed by atoms with van der Waals surface area (Å²) in [4.78, 5) is 21.4. The van der Waals surface area contributed by atoms with Crippen LogP contribution in [0.2, 0.25) is 0 Å². The van der Waals surface area contributed by atoms with E-state index in [1.165, 1.54) is 0 Å². The van der Waals surface area contributed by atoms with Crippen molar-refractivity contribution < 1.29 is 19.0 Å². The number of rotatable bonds is 6. The quantitative estimate of drug-likeness (QED) is 0.757. The monoisotopic (exact) mass is 383 g/mol. The number of nitrogens with zero attached hydrogens (tertiary/aromatic N) is 3. The van der Waals surface area contributed by atoms with Crippen LogP contribution >= 0.6 is 0 Å². The third kappa shape index (κ3) is 4.61. The van der Waals surface area contributed by atoms with E-state index < -0.39 is 0 Å². The molecule has 1 unspecified atom stereocenters. The van der Waals surface area contributed by atoms with Crippen molar-refractivity contribution in [3.63, 3.8) is 0 Å². The van der Waals surface area contributed by atoms with Gasteiger partial charge in [0.1, 0.15) is 24.0 Å². The number of hydrogen-bond acceptors (Lipinski definition) is 6. The van der Waals surface area contributed by atoms with Crippen molar-refractivity contribution in [2.75, 3.05) is 52.5 Å². The largest absolute Gasteiger partial charge is 0.492 e. The molecule has 1 atom stereocenters. The van der Waals surface area contributed by atoms with E-state index in [9.17, 15) is 4.79 Å². The molecular weight excluding hydrogens is 358 g/mol. The van der Waals surface area contributed by atoms with Crippen molar-refractivity contribution in [1.29, 1.82) is 0 Å². The summed E-state index contributed by atoms with van der Waals surface area (Å²) in [6.07, 6.45) is 1.52. The Morgan fingerprint density at radius 3 is 2.75 bits per heavy atom. The Kier molecular flexibility index (Phi) is 6.04. The summed E-state index contributed by atoms with van der Waals surface area (Å²) < 4.78 is 17.3. The van der Waals surface area contributed by atoms with Crippen LogP contribution in [0.15, 0.2) is 48.7 Å². The highest BCUT2D eigenvalue weighted by Crippen LogP contribution is 2.23. The zero-order valence-corrected chi connectivity index (χ0v) is 15.8. The van der Waals surface area contributed by atoms with Crippen molar-refractivity contribution in [3.8, 4) is 11.6 Å². The summed E-state index contributed by atoms with van der Waals surface area (Å²) in [7, 11) is 0. The Hall–Kier alpha value is -2.64. The van der Waals surface area contributed by atoms with Crippen molar-refractivity contribution in [2.24, 2.45) is 0 Å². The number of morpholine rings is 1. The number of aromatic nitrogens is 1. The fourth-order valence-electron chi connectivity index (χ4n) is 3.49. The van der Waals surface area contributed by atoms with Crippen LogP contribution in [0.5, 0.6) is 11.6 Å². The zero-order valence-electron chi connectivity index (χ0n) is 15.8. The third-order valence-corrected chi connectivity index (χ3v) is 4.93. The average molecular weight is 383 g/mol. The molecule has 0 N–H and O–H groups in total. The Labute approximate surface area is 164 Å². The number of ether oxygens (including phenoxy) is 3.